The lowest BCUT2D eigenvalue weighted by molar-refractivity contribution is -0.186. The average molecular weight is 308 g/mol. The lowest BCUT2D eigenvalue weighted by Gasteiger charge is -2.37. The molecule has 2 unspecified atom stereocenters. The van der Waals surface area contributed by atoms with E-state index in [4.69, 9.17) is 5.11 Å². The zero-order valence-electron chi connectivity index (χ0n) is 12.1. The molecule has 0 aromatic heterocycles. The number of alkyl halides is 3. The molecular formula is C14H23F3N2O2. The molecule has 0 bridgehead atoms. The van der Waals surface area contributed by atoms with Gasteiger partial charge in [-0.25, -0.2) is 0 Å². The third kappa shape index (κ3) is 4.85. The molecule has 0 amide bonds. The van der Waals surface area contributed by atoms with Crippen molar-refractivity contribution in [2.75, 3.05) is 32.7 Å². The number of carbonyl (C=O) groups is 1. The molecule has 1 aliphatic heterocycles. The molecule has 1 aliphatic carbocycles. The first kappa shape index (κ1) is 16.5. The average Bonchev–Trinajstić information content (AvgIpc) is 2.63. The highest BCUT2D eigenvalue weighted by atomic mass is 19.4. The molecule has 0 radical (unpaired) electrons. The summed E-state index contributed by atoms with van der Waals surface area (Å²) in [5.41, 5.74) is 0. The second-order valence-electron chi connectivity index (χ2n) is 6.12. The van der Waals surface area contributed by atoms with Crippen molar-refractivity contribution in [3.8, 4) is 0 Å². The summed E-state index contributed by atoms with van der Waals surface area (Å²) in [5.74, 6) is -2.02. The Morgan fingerprint density at radius 2 is 1.86 bits per heavy atom. The minimum absolute atomic E-state index is 0.00449. The summed E-state index contributed by atoms with van der Waals surface area (Å²) in [4.78, 5) is 14.7. The first-order valence-electron chi connectivity index (χ1n) is 7.61. The zero-order chi connectivity index (χ0) is 15.5. The molecule has 122 valence electrons. The fraction of sp³-hybridized carbons (Fsp3) is 0.929. The lowest BCUT2D eigenvalue weighted by atomic mass is 9.84. The van der Waals surface area contributed by atoms with Crippen molar-refractivity contribution in [1.82, 2.24) is 9.80 Å². The number of carboxylic acid groups (broad SMARTS) is 1. The van der Waals surface area contributed by atoms with Gasteiger partial charge >= 0.3 is 12.1 Å². The first-order chi connectivity index (χ1) is 9.86. The summed E-state index contributed by atoms with van der Waals surface area (Å²) in [6, 6.07) is -0.00449. The maximum absolute atomic E-state index is 12.9. The molecule has 1 saturated heterocycles. The number of aliphatic carboxylic acids is 1. The van der Waals surface area contributed by atoms with Gasteiger partial charge in [0.25, 0.3) is 0 Å². The van der Waals surface area contributed by atoms with E-state index in [9.17, 15) is 18.0 Å². The zero-order valence-corrected chi connectivity index (χ0v) is 12.1. The third-order valence-electron chi connectivity index (χ3n) is 4.61. The molecular weight excluding hydrogens is 285 g/mol. The molecule has 2 rings (SSSR count). The number of hydrogen-bond donors (Lipinski definition) is 1. The van der Waals surface area contributed by atoms with Gasteiger partial charge < -0.3 is 5.11 Å². The second-order valence-corrected chi connectivity index (χ2v) is 6.12. The maximum atomic E-state index is 12.9. The molecule has 0 aromatic carbocycles. The van der Waals surface area contributed by atoms with E-state index < -0.39 is 18.1 Å². The van der Waals surface area contributed by atoms with Crippen molar-refractivity contribution in [1.29, 1.82) is 0 Å². The minimum Gasteiger partial charge on any atom is -0.480 e. The Morgan fingerprint density at radius 1 is 1.10 bits per heavy atom. The van der Waals surface area contributed by atoms with E-state index in [1.807, 2.05) is 4.90 Å². The molecule has 4 nitrogen and oxygen atoms in total. The smallest absolute Gasteiger partial charge is 0.391 e. The number of halogens is 3. The van der Waals surface area contributed by atoms with Crippen molar-refractivity contribution >= 4 is 5.97 Å². The molecule has 1 saturated carbocycles. The van der Waals surface area contributed by atoms with Crippen LogP contribution in [0.3, 0.4) is 0 Å². The summed E-state index contributed by atoms with van der Waals surface area (Å²) in [5, 5.41) is 8.82. The monoisotopic (exact) mass is 308 g/mol. The van der Waals surface area contributed by atoms with Crippen LogP contribution < -0.4 is 0 Å². The van der Waals surface area contributed by atoms with Crippen molar-refractivity contribution in [2.24, 2.45) is 5.92 Å². The van der Waals surface area contributed by atoms with Crippen molar-refractivity contribution < 1.29 is 23.1 Å². The van der Waals surface area contributed by atoms with Gasteiger partial charge in [0.05, 0.1) is 12.5 Å². The Hall–Kier alpha value is -0.820. The van der Waals surface area contributed by atoms with Crippen LogP contribution in [0.25, 0.3) is 0 Å². The summed E-state index contributed by atoms with van der Waals surface area (Å²) >= 11 is 0. The van der Waals surface area contributed by atoms with Gasteiger partial charge in [0.1, 0.15) is 0 Å². The first-order valence-corrected chi connectivity index (χ1v) is 7.61. The Labute approximate surface area is 122 Å². The van der Waals surface area contributed by atoms with Gasteiger partial charge in [0.2, 0.25) is 0 Å². The quantitative estimate of drug-likeness (QED) is 0.868. The van der Waals surface area contributed by atoms with Crippen molar-refractivity contribution in [2.45, 2.75) is 44.3 Å². The van der Waals surface area contributed by atoms with E-state index in [2.05, 4.69) is 4.90 Å². The molecule has 1 heterocycles. The summed E-state index contributed by atoms with van der Waals surface area (Å²) < 4.78 is 38.6. The van der Waals surface area contributed by atoms with Gasteiger partial charge in [-0.15, -0.1) is 0 Å². The number of rotatable bonds is 3. The standard InChI is InChI=1S/C14H23F3N2O2/c15-14(16,17)11-3-1-4-12(9-11)19-6-2-5-18(7-8-19)10-13(20)21/h11-12H,1-10H2,(H,20,21). The number of carboxylic acids is 1. The Bertz CT molecular complexity index is 363. The maximum Gasteiger partial charge on any atom is 0.391 e. The van der Waals surface area contributed by atoms with E-state index >= 15 is 0 Å². The lowest BCUT2D eigenvalue weighted by Crippen LogP contribution is -2.43. The van der Waals surface area contributed by atoms with Crippen LogP contribution >= 0.6 is 0 Å². The van der Waals surface area contributed by atoms with Crippen LogP contribution in [-0.4, -0.2) is 65.8 Å². The Kier molecular flexibility index (Phi) is 5.48. The Morgan fingerprint density at radius 3 is 2.52 bits per heavy atom. The predicted molar refractivity (Wildman–Crippen MR) is 72.1 cm³/mol. The molecule has 7 heteroatoms. The molecule has 2 atom stereocenters. The Balaban J connectivity index is 1.88. The van der Waals surface area contributed by atoms with E-state index in [1.54, 1.807) is 0 Å². The minimum atomic E-state index is -4.08. The predicted octanol–water partition coefficient (Wildman–Crippen LogP) is 2.20. The molecule has 2 fully saturated rings. The van der Waals surface area contributed by atoms with Gasteiger partial charge in [-0.2, -0.15) is 13.2 Å². The van der Waals surface area contributed by atoms with Crippen LogP contribution in [0.1, 0.15) is 32.1 Å². The highest BCUT2D eigenvalue weighted by Crippen LogP contribution is 2.39. The molecule has 21 heavy (non-hydrogen) atoms. The summed E-state index contributed by atoms with van der Waals surface area (Å²) in [6.07, 6.45) is -1.36. The van der Waals surface area contributed by atoms with Gasteiger partial charge in [0.15, 0.2) is 0 Å². The molecule has 1 N–H and O–H groups in total. The highest BCUT2D eigenvalue weighted by Gasteiger charge is 2.43. The third-order valence-corrected chi connectivity index (χ3v) is 4.61. The van der Waals surface area contributed by atoms with Crippen LogP contribution in [0.2, 0.25) is 0 Å². The van der Waals surface area contributed by atoms with Gasteiger partial charge in [0, 0.05) is 25.7 Å². The van der Waals surface area contributed by atoms with Gasteiger partial charge in [-0.05, 0) is 32.2 Å². The van der Waals surface area contributed by atoms with Gasteiger partial charge in [-0.1, -0.05) is 6.42 Å². The van der Waals surface area contributed by atoms with Gasteiger partial charge in [-0.3, -0.25) is 14.6 Å². The normalized spacial score (nSPS) is 30.0. The van der Waals surface area contributed by atoms with E-state index in [-0.39, 0.29) is 25.4 Å². The topological polar surface area (TPSA) is 43.8 Å². The van der Waals surface area contributed by atoms with Crippen LogP contribution in [0, 0.1) is 5.92 Å². The molecule has 0 aromatic rings. The van der Waals surface area contributed by atoms with Crippen molar-refractivity contribution in [3.63, 3.8) is 0 Å². The fourth-order valence-corrected chi connectivity index (χ4v) is 3.50. The SMILES string of the molecule is O=C(O)CN1CCCN(C2CCCC(C(F)(F)F)C2)CC1. The summed E-state index contributed by atoms with van der Waals surface area (Å²) in [6.45, 7) is 2.79. The number of nitrogens with zero attached hydrogens (tertiary/aromatic N) is 2. The highest BCUT2D eigenvalue weighted by molar-refractivity contribution is 5.69. The number of hydrogen-bond acceptors (Lipinski definition) is 3. The van der Waals surface area contributed by atoms with Crippen LogP contribution in [-0.2, 0) is 4.79 Å². The van der Waals surface area contributed by atoms with Crippen molar-refractivity contribution in [3.05, 3.63) is 0 Å². The van der Waals surface area contributed by atoms with E-state index in [0.29, 0.717) is 26.1 Å². The second kappa shape index (κ2) is 6.96. The fourth-order valence-electron chi connectivity index (χ4n) is 3.50. The molecule has 0 spiro atoms. The van der Waals surface area contributed by atoms with Crippen LogP contribution in [0.5, 0.6) is 0 Å². The largest absolute Gasteiger partial charge is 0.480 e. The van der Waals surface area contributed by atoms with E-state index in [1.165, 1.54) is 0 Å². The summed E-state index contributed by atoms with van der Waals surface area (Å²) in [7, 11) is 0. The molecule has 2 aliphatic rings. The van der Waals surface area contributed by atoms with Crippen LogP contribution in [0.4, 0.5) is 13.2 Å². The van der Waals surface area contributed by atoms with E-state index in [0.717, 1.165) is 19.4 Å². The van der Waals surface area contributed by atoms with Crippen LogP contribution in [0.15, 0.2) is 0 Å².